The SMILES string of the molecule is C=Cc1cc(C)cc(C)c1.COC. The highest BCUT2D eigenvalue weighted by Gasteiger charge is 1.89. The highest BCUT2D eigenvalue weighted by molar-refractivity contribution is 5.49. The van der Waals surface area contributed by atoms with Crippen molar-refractivity contribution in [3.63, 3.8) is 0 Å². The highest BCUT2D eigenvalue weighted by Crippen LogP contribution is 2.08. The number of methoxy groups -OCH3 is 1. The molecular formula is C12H18O. The number of aryl methyl sites for hydroxylation is 2. The van der Waals surface area contributed by atoms with Gasteiger partial charge in [0.2, 0.25) is 0 Å². The standard InChI is InChI=1S/C10H12.C2H6O/c1-4-10-6-8(2)5-9(3)7-10;1-3-2/h4-7H,1H2,2-3H3;1-2H3. The van der Waals surface area contributed by atoms with Gasteiger partial charge in [0.05, 0.1) is 0 Å². The van der Waals surface area contributed by atoms with Gasteiger partial charge in [0, 0.05) is 14.2 Å². The first-order valence-electron chi connectivity index (χ1n) is 4.25. The molecule has 0 radical (unpaired) electrons. The lowest BCUT2D eigenvalue weighted by Crippen LogP contribution is -1.78. The van der Waals surface area contributed by atoms with Gasteiger partial charge in [0.25, 0.3) is 0 Å². The normalized spacial score (nSPS) is 8.62. The van der Waals surface area contributed by atoms with Gasteiger partial charge in [-0.2, -0.15) is 0 Å². The Hall–Kier alpha value is -1.08. The number of benzene rings is 1. The van der Waals surface area contributed by atoms with Crippen LogP contribution in [0.3, 0.4) is 0 Å². The quantitative estimate of drug-likeness (QED) is 0.641. The van der Waals surface area contributed by atoms with Gasteiger partial charge < -0.3 is 4.74 Å². The van der Waals surface area contributed by atoms with Crippen molar-refractivity contribution in [1.82, 2.24) is 0 Å². The molecule has 0 heterocycles. The second-order valence-corrected chi connectivity index (χ2v) is 3.03. The summed E-state index contributed by atoms with van der Waals surface area (Å²) in [6, 6.07) is 6.41. The topological polar surface area (TPSA) is 9.23 Å². The first-order valence-corrected chi connectivity index (χ1v) is 4.25. The summed E-state index contributed by atoms with van der Waals surface area (Å²) < 4.78 is 4.25. The van der Waals surface area contributed by atoms with Crippen LogP contribution in [0.4, 0.5) is 0 Å². The number of hydrogen-bond donors (Lipinski definition) is 0. The van der Waals surface area contributed by atoms with E-state index in [9.17, 15) is 0 Å². The van der Waals surface area contributed by atoms with E-state index in [1.54, 1.807) is 14.2 Å². The van der Waals surface area contributed by atoms with E-state index in [1.165, 1.54) is 16.7 Å². The van der Waals surface area contributed by atoms with Crippen LogP contribution in [0, 0.1) is 13.8 Å². The fraction of sp³-hybridized carbons (Fsp3) is 0.333. The predicted octanol–water partition coefficient (Wildman–Crippen LogP) is 3.21. The van der Waals surface area contributed by atoms with Gasteiger partial charge in [0.1, 0.15) is 0 Å². The van der Waals surface area contributed by atoms with Gasteiger partial charge >= 0.3 is 0 Å². The summed E-state index contributed by atoms with van der Waals surface area (Å²) in [6.45, 7) is 7.91. The molecule has 1 aromatic rings. The Kier molecular flexibility index (Phi) is 5.90. The van der Waals surface area contributed by atoms with E-state index in [-0.39, 0.29) is 0 Å². The molecule has 0 aliphatic carbocycles. The molecule has 0 atom stereocenters. The number of ether oxygens (including phenoxy) is 1. The maximum atomic E-state index is 4.25. The molecule has 1 heteroatoms. The van der Waals surface area contributed by atoms with Crippen LogP contribution in [-0.4, -0.2) is 14.2 Å². The highest BCUT2D eigenvalue weighted by atomic mass is 16.4. The van der Waals surface area contributed by atoms with Crippen molar-refractivity contribution in [2.45, 2.75) is 13.8 Å². The largest absolute Gasteiger partial charge is 0.388 e. The summed E-state index contributed by atoms with van der Waals surface area (Å²) in [5, 5.41) is 0. The fourth-order valence-electron chi connectivity index (χ4n) is 1.13. The van der Waals surface area contributed by atoms with E-state index in [4.69, 9.17) is 0 Å². The van der Waals surface area contributed by atoms with Gasteiger partial charge in [-0.1, -0.05) is 42.0 Å². The lowest BCUT2D eigenvalue weighted by Gasteiger charge is -1.97. The van der Waals surface area contributed by atoms with Crippen molar-refractivity contribution >= 4 is 6.08 Å². The molecule has 1 rings (SSSR count). The molecule has 1 aromatic carbocycles. The summed E-state index contributed by atoms with van der Waals surface area (Å²) in [5.74, 6) is 0. The zero-order valence-corrected chi connectivity index (χ0v) is 8.92. The van der Waals surface area contributed by atoms with Crippen molar-refractivity contribution in [3.05, 3.63) is 41.5 Å². The molecule has 0 aliphatic rings. The van der Waals surface area contributed by atoms with Crippen LogP contribution in [0.2, 0.25) is 0 Å². The van der Waals surface area contributed by atoms with E-state index in [1.807, 2.05) is 6.08 Å². The molecule has 0 aromatic heterocycles. The molecule has 0 amide bonds. The maximum Gasteiger partial charge on any atom is 0.0351 e. The molecule has 0 saturated heterocycles. The Labute approximate surface area is 81.1 Å². The zero-order valence-electron chi connectivity index (χ0n) is 8.92. The minimum Gasteiger partial charge on any atom is -0.388 e. The molecule has 0 aliphatic heterocycles. The Morgan fingerprint density at radius 3 is 1.77 bits per heavy atom. The lowest BCUT2D eigenvalue weighted by molar-refractivity contribution is 0.277. The van der Waals surface area contributed by atoms with Crippen LogP contribution in [0.25, 0.3) is 6.08 Å². The van der Waals surface area contributed by atoms with Crippen molar-refractivity contribution in [2.75, 3.05) is 14.2 Å². The Bertz CT molecular complexity index is 244. The summed E-state index contributed by atoms with van der Waals surface area (Å²) in [5.41, 5.74) is 3.81. The van der Waals surface area contributed by atoms with Gasteiger partial charge in [-0.3, -0.25) is 0 Å². The zero-order chi connectivity index (χ0) is 10.3. The summed E-state index contributed by atoms with van der Waals surface area (Å²) in [4.78, 5) is 0. The first-order chi connectivity index (χ1) is 6.13. The van der Waals surface area contributed by atoms with E-state index < -0.39 is 0 Å². The predicted molar refractivity (Wildman–Crippen MR) is 58.9 cm³/mol. The summed E-state index contributed by atoms with van der Waals surface area (Å²) in [7, 11) is 3.25. The van der Waals surface area contributed by atoms with E-state index >= 15 is 0 Å². The third-order valence-electron chi connectivity index (χ3n) is 1.48. The Morgan fingerprint density at radius 1 is 1.08 bits per heavy atom. The van der Waals surface area contributed by atoms with Crippen molar-refractivity contribution in [1.29, 1.82) is 0 Å². The summed E-state index contributed by atoms with van der Waals surface area (Å²) >= 11 is 0. The number of rotatable bonds is 1. The third-order valence-corrected chi connectivity index (χ3v) is 1.48. The molecule has 0 saturated carbocycles. The van der Waals surface area contributed by atoms with Crippen molar-refractivity contribution in [2.24, 2.45) is 0 Å². The minimum atomic E-state index is 1.21. The van der Waals surface area contributed by atoms with Gasteiger partial charge in [-0.05, 0) is 19.4 Å². The maximum absolute atomic E-state index is 4.25. The number of hydrogen-bond acceptors (Lipinski definition) is 1. The van der Waals surface area contributed by atoms with E-state index in [2.05, 4.69) is 43.4 Å². The molecule has 72 valence electrons. The van der Waals surface area contributed by atoms with E-state index in [0.717, 1.165) is 0 Å². The molecule has 1 nitrogen and oxygen atoms in total. The minimum absolute atomic E-state index is 1.21. The molecule has 0 spiro atoms. The van der Waals surface area contributed by atoms with Crippen LogP contribution < -0.4 is 0 Å². The monoisotopic (exact) mass is 178 g/mol. The molecule has 13 heavy (non-hydrogen) atoms. The first kappa shape index (κ1) is 11.9. The smallest absolute Gasteiger partial charge is 0.0351 e. The van der Waals surface area contributed by atoms with Crippen LogP contribution >= 0.6 is 0 Å². The molecule has 0 N–H and O–H groups in total. The fourth-order valence-corrected chi connectivity index (χ4v) is 1.13. The average Bonchev–Trinajstić information content (AvgIpc) is 2.04. The Morgan fingerprint density at radius 2 is 1.46 bits per heavy atom. The van der Waals surface area contributed by atoms with Crippen molar-refractivity contribution in [3.8, 4) is 0 Å². The Balaban J connectivity index is 0.000000424. The average molecular weight is 178 g/mol. The second kappa shape index (κ2) is 6.44. The molecule has 0 fully saturated rings. The molecular weight excluding hydrogens is 160 g/mol. The van der Waals surface area contributed by atoms with Crippen molar-refractivity contribution < 1.29 is 4.74 Å². The van der Waals surface area contributed by atoms with Crippen LogP contribution in [-0.2, 0) is 4.74 Å². The van der Waals surface area contributed by atoms with E-state index in [0.29, 0.717) is 0 Å². The van der Waals surface area contributed by atoms with Gasteiger partial charge in [-0.15, -0.1) is 0 Å². The summed E-state index contributed by atoms with van der Waals surface area (Å²) in [6.07, 6.45) is 1.88. The lowest BCUT2D eigenvalue weighted by atomic mass is 10.1. The second-order valence-electron chi connectivity index (χ2n) is 3.03. The third kappa shape index (κ3) is 5.21. The van der Waals surface area contributed by atoms with Gasteiger partial charge in [0.15, 0.2) is 0 Å². The van der Waals surface area contributed by atoms with Crippen LogP contribution in [0.1, 0.15) is 16.7 Å². The molecule has 0 bridgehead atoms. The molecule has 0 unspecified atom stereocenters. The van der Waals surface area contributed by atoms with Crippen LogP contribution in [0.5, 0.6) is 0 Å². The van der Waals surface area contributed by atoms with Crippen LogP contribution in [0.15, 0.2) is 24.8 Å². The van der Waals surface area contributed by atoms with Gasteiger partial charge in [-0.25, -0.2) is 0 Å².